The van der Waals surface area contributed by atoms with Crippen LogP contribution >= 0.6 is 11.6 Å². The minimum Gasteiger partial charge on any atom is -0.316 e. The van der Waals surface area contributed by atoms with E-state index in [-0.39, 0.29) is 5.82 Å². The van der Waals surface area contributed by atoms with E-state index in [2.05, 4.69) is 19.2 Å². The van der Waals surface area contributed by atoms with E-state index in [4.69, 9.17) is 11.6 Å². The first-order valence-electron chi connectivity index (χ1n) is 7.53. The van der Waals surface area contributed by atoms with Crippen molar-refractivity contribution in [3.63, 3.8) is 0 Å². The van der Waals surface area contributed by atoms with Crippen LogP contribution in [0.5, 0.6) is 0 Å². The van der Waals surface area contributed by atoms with E-state index in [1.807, 2.05) is 7.05 Å². The molecule has 0 amide bonds. The molecule has 1 unspecified atom stereocenters. The zero-order valence-corrected chi connectivity index (χ0v) is 13.4. The van der Waals surface area contributed by atoms with E-state index < -0.39 is 0 Å². The van der Waals surface area contributed by atoms with Crippen molar-refractivity contribution >= 4 is 11.6 Å². The lowest BCUT2D eigenvalue weighted by molar-refractivity contribution is 0.163. The summed E-state index contributed by atoms with van der Waals surface area (Å²) in [7, 11) is 1.97. The summed E-state index contributed by atoms with van der Waals surface area (Å²) in [6.45, 7) is 4.68. The first kappa shape index (κ1) is 15.8. The van der Waals surface area contributed by atoms with Gasteiger partial charge in [0.05, 0.1) is 0 Å². The lowest BCUT2D eigenvalue weighted by Gasteiger charge is -2.38. The zero-order valence-electron chi connectivity index (χ0n) is 12.7. The summed E-state index contributed by atoms with van der Waals surface area (Å²) in [5.74, 6) is 0.428. The highest BCUT2D eigenvalue weighted by Crippen LogP contribution is 2.40. The van der Waals surface area contributed by atoms with E-state index in [0.29, 0.717) is 34.4 Å². The van der Waals surface area contributed by atoms with Crippen LogP contribution in [0.3, 0.4) is 0 Å². The van der Waals surface area contributed by atoms with Gasteiger partial charge in [-0.15, -0.1) is 0 Å². The van der Waals surface area contributed by atoms with Crippen molar-refractivity contribution in [3.8, 4) is 0 Å². The third-order valence-electron chi connectivity index (χ3n) is 4.81. The number of rotatable bonds is 4. The normalized spacial score (nSPS) is 20.9. The second-order valence-electron chi connectivity index (χ2n) is 6.80. The van der Waals surface area contributed by atoms with Crippen molar-refractivity contribution < 1.29 is 4.39 Å². The molecule has 0 spiro atoms. The predicted octanol–water partition coefficient (Wildman–Crippen LogP) is 4.83. The van der Waals surface area contributed by atoms with Gasteiger partial charge in [0.25, 0.3) is 0 Å². The van der Waals surface area contributed by atoms with Crippen LogP contribution in [0.1, 0.15) is 45.1 Å². The monoisotopic (exact) mass is 297 g/mol. The third kappa shape index (κ3) is 3.73. The van der Waals surface area contributed by atoms with Gasteiger partial charge in [-0.05, 0) is 62.6 Å². The molecule has 0 heterocycles. The Balaban J connectivity index is 2.06. The molecule has 0 saturated heterocycles. The van der Waals surface area contributed by atoms with E-state index in [1.165, 1.54) is 31.7 Å². The van der Waals surface area contributed by atoms with E-state index in [0.717, 1.165) is 0 Å². The molecule has 3 heteroatoms. The van der Waals surface area contributed by atoms with Gasteiger partial charge in [-0.1, -0.05) is 31.5 Å². The van der Waals surface area contributed by atoms with Crippen molar-refractivity contribution in [2.24, 2.45) is 11.3 Å². The van der Waals surface area contributed by atoms with Gasteiger partial charge in [0.1, 0.15) is 5.82 Å². The summed E-state index contributed by atoms with van der Waals surface area (Å²) in [6.07, 6.45) is 5.60. The first-order valence-corrected chi connectivity index (χ1v) is 7.91. The number of halogens is 2. The fraction of sp³-hybridized carbons (Fsp3) is 0.647. The predicted molar refractivity (Wildman–Crippen MR) is 83.7 cm³/mol. The smallest absolute Gasteiger partial charge is 0.127 e. The summed E-state index contributed by atoms with van der Waals surface area (Å²) in [5, 5.41) is 3.92. The largest absolute Gasteiger partial charge is 0.316 e. The average Bonchev–Trinajstić information content (AvgIpc) is 2.39. The number of benzene rings is 1. The summed E-state index contributed by atoms with van der Waals surface area (Å²) in [4.78, 5) is 0. The Morgan fingerprint density at radius 3 is 2.55 bits per heavy atom. The van der Waals surface area contributed by atoms with Gasteiger partial charge < -0.3 is 5.32 Å². The topological polar surface area (TPSA) is 12.0 Å². The van der Waals surface area contributed by atoms with Crippen molar-refractivity contribution in [2.75, 3.05) is 7.05 Å². The molecule has 112 valence electrons. The van der Waals surface area contributed by atoms with Crippen molar-refractivity contribution in [1.82, 2.24) is 5.32 Å². The van der Waals surface area contributed by atoms with Gasteiger partial charge >= 0.3 is 0 Å². The van der Waals surface area contributed by atoms with Gasteiger partial charge in [-0.2, -0.15) is 0 Å². The quantitative estimate of drug-likeness (QED) is 0.839. The van der Waals surface area contributed by atoms with Crippen LogP contribution in [0.25, 0.3) is 0 Å². The van der Waals surface area contributed by atoms with Crippen LogP contribution in [0.15, 0.2) is 18.2 Å². The molecule has 1 aromatic rings. The third-order valence-corrected chi connectivity index (χ3v) is 5.16. The van der Waals surface area contributed by atoms with Crippen molar-refractivity contribution in [3.05, 3.63) is 34.6 Å². The van der Waals surface area contributed by atoms with E-state index in [1.54, 1.807) is 12.1 Å². The summed E-state index contributed by atoms with van der Waals surface area (Å²) in [5.41, 5.74) is 1.11. The molecule has 1 saturated carbocycles. The molecule has 1 atom stereocenters. The molecule has 1 N–H and O–H groups in total. The van der Waals surface area contributed by atoms with Gasteiger partial charge in [0.15, 0.2) is 0 Å². The molecule has 20 heavy (non-hydrogen) atoms. The molecule has 0 aliphatic heterocycles. The van der Waals surface area contributed by atoms with Gasteiger partial charge in [0, 0.05) is 16.6 Å². The second-order valence-corrected chi connectivity index (χ2v) is 7.21. The van der Waals surface area contributed by atoms with E-state index in [9.17, 15) is 4.39 Å². The molecule has 1 fully saturated rings. The number of hydrogen-bond acceptors (Lipinski definition) is 1. The average molecular weight is 298 g/mol. The molecule has 0 bridgehead atoms. The fourth-order valence-corrected chi connectivity index (χ4v) is 3.52. The highest BCUT2D eigenvalue weighted by Gasteiger charge is 2.31. The molecule has 1 nitrogen and oxygen atoms in total. The highest BCUT2D eigenvalue weighted by atomic mass is 35.5. The number of likely N-dealkylation sites (N-methyl/N-ethyl adjacent to an activating group) is 1. The molecular formula is C17H25ClFN. The molecular weight excluding hydrogens is 273 g/mol. The van der Waals surface area contributed by atoms with Crippen LogP contribution in [0.4, 0.5) is 4.39 Å². The van der Waals surface area contributed by atoms with Crippen molar-refractivity contribution in [1.29, 1.82) is 0 Å². The van der Waals surface area contributed by atoms with Crippen molar-refractivity contribution in [2.45, 2.75) is 52.0 Å². The lowest BCUT2D eigenvalue weighted by Crippen LogP contribution is -2.39. The Kier molecular flexibility index (Phi) is 5.09. The SMILES string of the molecule is CNC(Cc1c(F)cccc1Cl)C1CCC(C)(C)CC1. The molecule has 2 rings (SSSR count). The van der Waals surface area contributed by atoms with E-state index >= 15 is 0 Å². The van der Waals surface area contributed by atoms with Gasteiger partial charge in [-0.3, -0.25) is 0 Å². The first-order chi connectivity index (χ1) is 9.43. The Morgan fingerprint density at radius 1 is 1.35 bits per heavy atom. The number of nitrogens with one attached hydrogen (secondary N) is 1. The molecule has 1 aromatic carbocycles. The number of hydrogen-bond donors (Lipinski definition) is 1. The van der Waals surface area contributed by atoms with Crippen LogP contribution in [-0.2, 0) is 6.42 Å². The standard InChI is InChI=1S/C17H25ClFN/c1-17(2)9-7-12(8-10-17)16(20-3)11-13-14(18)5-4-6-15(13)19/h4-6,12,16,20H,7-11H2,1-3H3. The summed E-state index contributed by atoms with van der Waals surface area (Å²) < 4.78 is 13.9. The maximum atomic E-state index is 13.9. The van der Waals surface area contributed by atoms with Crippen LogP contribution < -0.4 is 5.32 Å². The summed E-state index contributed by atoms with van der Waals surface area (Å²) in [6, 6.07) is 5.24. The lowest BCUT2D eigenvalue weighted by atomic mass is 9.70. The minimum atomic E-state index is -0.186. The van der Waals surface area contributed by atoms with Gasteiger partial charge in [-0.25, -0.2) is 4.39 Å². The Labute approximate surface area is 126 Å². The Bertz CT molecular complexity index is 428. The van der Waals surface area contributed by atoms with Crippen LogP contribution in [0.2, 0.25) is 5.02 Å². The van der Waals surface area contributed by atoms with Crippen LogP contribution in [-0.4, -0.2) is 13.1 Å². The fourth-order valence-electron chi connectivity index (χ4n) is 3.28. The highest BCUT2D eigenvalue weighted by molar-refractivity contribution is 6.31. The minimum absolute atomic E-state index is 0.186. The molecule has 0 aromatic heterocycles. The maximum Gasteiger partial charge on any atom is 0.127 e. The second kappa shape index (κ2) is 6.44. The molecule has 0 radical (unpaired) electrons. The van der Waals surface area contributed by atoms with Crippen LogP contribution in [0, 0.1) is 17.2 Å². The maximum absolute atomic E-state index is 13.9. The Morgan fingerprint density at radius 2 is 2.00 bits per heavy atom. The molecule has 1 aliphatic rings. The Hall–Kier alpha value is -0.600. The summed E-state index contributed by atoms with van der Waals surface area (Å²) >= 11 is 6.15. The zero-order chi connectivity index (χ0) is 14.8. The molecule has 1 aliphatic carbocycles. The van der Waals surface area contributed by atoms with Gasteiger partial charge in [0.2, 0.25) is 0 Å².